The summed E-state index contributed by atoms with van der Waals surface area (Å²) >= 11 is 0. The Morgan fingerprint density at radius 2 is 1.92 bits per heavy atom. The first-order chi connectivity index (χ1) is 11.7. The van der Waals surface area contributed by atoms with Gasteiger partial charge in [-0.15, -0.1) is 0 Å². The fourth-order valence-corrected chi connectivity index (χ4v) is 2.13. The van der Waals surface area contributed by atoms with Gasteiger partial charge in [-0.1, -0.05) is 30.3 Å². The zero-order valence-corrected chi connectivity index (χ0v) is 13.2. The van der Waals surface area contributed by atoms with Gasteiger partial charge in [0.1, 0.15) is 12.4 Å². The molecule has 1 amide bonds. The van der Waals surface area contributed by atoms with Crippen LogP contribution in [-0.2, 0) is 16.1 Å². The van der Waals surface area contributed by atoms with Crippen molar-refractivity contribution in [1.29, 1.82) is 0 Å². The molecule has 1 aromatic carbocycles. The number of hydrogen-bond acceptors (Lipinski definition) is 5. The zero-order valence-electron chi connectivity index (χ0n) is 13.2. The van der Waals surface area contributed by atoms with Gasteiger partial charge in [-0.2, -0.15) is 0 Å². The Morgan fingerprint density at radius 1 is 1.17 bits per heavy atom. The number of benzene rings is 1. The highest BCUT2D eigenvalue weighted by atomic mass is 16.5. The van der Waals surface area contributed by atoms with E-state index in [9.17, 15) is 4.79 Å². The number of aryl methyl sites for hydroxylation is 1. The minimum atomic E-state index is -0.249. The third kappa shape index (κ3) is 4.02. The number of anilines is 1. The van der Waals surface area contributed by atoms with Crippen LogP contribution in [-0.4, -0.2) is 32.0 Å². The Hall–Kier alpha value is -3.06. The standard InChI is InChI=1S/C17H17N5O2/c1-13-18-7-8-22(13)17-19-9-15(10-20-17)21-16(23)12-24-11-14-5-3-2-4-6-14/h2-10H,11-12H2,1H3,(H,21,23). The molecule has 0 aliphatic rings. The highest BCUT2D eigenvalue weighted by Crippen LogP contribution is 2.08. The van der Waals surface area contributed by atoms with Crippen LogP contribution in [0.2, 0.25) is 0 Å². The molecule has 2 heterocycles. The second-order valence-electron chi connectivity index (χ2n) is 5.14. The van der Waals surface area contributed by atoms with Gasteiger partial charge in [0.2, 0.25) is 11.9 Å². The summed E-state index contributed by atoms with van der Waals surface area (Å²) in [6.07, 6.45) is 6.56. The maximum atomic E-state index is 11.9. The summed E-state index contributed by atoms with van der Waals surface area (Å²) in [7, 11) is 0. The fourth-order valence-electron chi connectivity index (χ4n) is 2.13. The van der Waals surface area contributed by atoms with E-state index in [4.69, 9.17) is 4.74 Å². The maximum absolute atomic E-state index is 11.9. The van der Waals surface area contributed by atoms with E-state index in [0.29, 0.717) is 18.2 Å². The summed E-state index contributed by atoms with van der Waals surface area (Å²) in [4.78, 5) is 24.4. The van der Waals surface area contributed by atoms with Crippen molar-refractivity contribution in [3.05, 3.63) is 66.5 Å². The summed E-state index contributed by atoms with van der Waals surface area (Å²) in [6, 6.07) is 9.69. The normalized spacial score (nSPS) is 10.5. The van der Waals surface area contributed by atoms with E-state index in [1.165, 1.54) is 0 Å². The van der Waals surface area contributed by atoms with Crippen LogP contribution in [0.1, 0.15) is 11.4 Å². The van der Waals surface area contributed by atoms with Gasteiger partial charge in [0.15, 0.2) is 0 Å². The molecule has 1 N–H and O–H groups in total. The molecular formula is C17H17N5O2. The zero-order chi connectivity index (χ0) is 16.8. The average Bonchev–Trinajstić information content (AvgIpc) is 3.03. The van der Waals surface area contributed by atoms with Crippen molar-refractivity contribution in [2.45, 2.75) is 13.5 Å². The number of imidazole rings is 1. The number of rotatable bonds is 6. The quantitative estimate of drug-likeness (QED) is 0.751. The van der Waals surface area contributed by atoms with E-state index >= 15 is 0 Å². The van der Waals surface area contributed by atoms with E-state index in [1.54, 1.807) is 29.4 Å². The van der Waals surface area contributed by atoms with Crippen LogP contribution in [0.25, 0.3) is 5.95 Å². The van der Waals surface area contributed by atoms with Crippen LogP contribution < -0.4 is 5.32 Å². The molecule has 0 aliphatic heterocycles. The average molecular weight is 323 g/mol. The van der Waals surface area contributed by atoms with Crippen molar-refractivity contribution >= 4 is 11.6 Å². The third-order valence-electron chi connectivity index (χ3n) is 3.31. The Kier molecular flexibility index (Phi) is 4.93. The van der Waals surface area contributed by atoms with Crippen LogP contribution in [0.15, 0.2) is 55.1 Å². The van der Waals surface area contributed by atoms with Gasteiger partial charge in [-0.3, -0.25) is 9.36 Å². The molecule has 0 saturated heterocycles. The van der Waals surface area contributed by atoms with Gasteiger partial charge >= 0.3 is 0 Å². The molecule has 0 bridgehead atoms. The maximum Gasteiger partial charge on any atom is 0.250 e. The van der Waals surface area contributed by atoms with Gasteiger partial charge in [0.05, 0.1) is 24.7 Å². The molecule has 7 heteroatoms. The van der Waals surface area contributed by atoms with E-state index in [0.717, 1.165) is 11.4 Å². The number of nitrogens with one attached hydrogen (secondary N) is 1. The topological polar surface area (TPSA) is 81.9 Å². The van der Waals surface area contributed by atoms with E-state index in [-0.39, 0.29) is 12.5 Å². The molecule has 0 aliphatic carbocycles. The number of carbonyl (C=O) groups is 1. The molecule has 3 aromatic rings. The van der Waals surface area contributed by atoms with Crippen molar-refractivity contribution in [2.75, 3.05) is 11.9 Å². The van der Waals surface area contributed by atoms with Crippen molar-refractivity contribution in [3.8, 4) is 5.95 Å². The van der Waals surface area contributed by atoms with E-state index in [1.807, 2.05) is 37.3 Å². The number of carbonyl (C=O) groups excluding carboxylic acids is 1. The number of nitrogens with zero attached hydrogens (tertiary/aromatic N) is 4. The fraction of sp³-hybridized carbons (Fsp3) is 0.176. The van der Waals surface area contributed by atoms with Crippen molar-refractivity contribution < 1.29 is 9.53 Å². The van der Waals surface area contributed by atoms with Gasteiger partial charge in [-0.25, -0.2) is 15.0 Å². The molecule has 0 unspecified atom stereocenters. The second-order valence-corrected chi connectivity index (χ2v) is 5.14. The van der Waals surface area contributed by atoms with Crippen molar-refractivity contribution in [3.63, 3.8) is 0 Å². The number of aromatic nitrogens is 4. The van der Waals surface area contributed by atoms with Crippen molar-refractivity contribution in [2.24, 2.45) is 0 Å². The minimum Gasteiger partial charge on any atom is -0.367 e. The lowest BCUT2D eigenvalue weighted by atomic mass is 10.2. The van der Waals surface area contributed by atoms with E-state index < -0.39 is 0 Å². The summed E-state index contributed by atoms with van der Waals surface area (Å²) < 4.78 is 7.15. The van der Waals surface area contributed by atoms with Crippen LogP contribution >= 0.6 is 0 Å². The highest BCUT2D eigenvalue weighted by Gasteiger charge is 2.06. The summed E-state index contributed by atoms with van der Waals surface area (Å²) in [5.41, 5.74) is 1.54. The molecule has 2 aromatic heterocycles. The number of ether oxygens (including phenoxy) is 1. The predicted molar refractivity (Wildman–Crippen MR) is 88.6 cm³/mol. The molecule has 7 nitrogen and oxygen atoms in total. The molecule has 0 radical (unpaired) electrons. The van der Waals surface area contributed by atoms with Gasteiger partial charge in [0.25, 0.3) is 0 Å². The first-order valence-corrected chi connectivity index (χ1v) is 7.46. The first kappa shape index (κ1) is 15.8. The van der Waals surface area contributed by atoms with Gasteiger partial charge in [0, 0.05) is 12.4 Å². The van der Waals surface area contributed by atoms with Gasteiger partial charge in [-0.05, 0) is 12.5 Å². The van der Waals surface area contributed by atoms with Gasteiger partial charge < -0.3 is 10.1 Å². The second kappa shape index (κ2) is 7.47. The van der Waals surface area contributed by atoms with E-state index in [2.05, 4.69) is 20.3 Å². The summed E-state index contributed by atoms with van der Waals surface area (Å²) in [6.45, 7) is 2.23. The molecule has 3 rings (SSSR count). The minimum absolute atomic E-state index is 0.0305. The molecule has 0 fully saturated rings. The molecule has 0 saturated carbocycles. The Morgan fingerprint density at radius 3 is 2.58 bits per heavy atom. The van der Waals surface area contributed by atoms with Crippen molar-refractivity contribution in [1.82, 2.24) is 19.5 Å². The Labute approximate surface area is 139 Å². The molecule has 0 atom stereocenters. The smallest absolute Gasteiger partial charge is 0.250 e. The molecule has 0 spiro atoms. The summed E-state index contributed by atoms with van der Waals surface area (Å²) in [5, 5.41) is 2.70. The van der Waals surface area contributed by atoms with Crippen LogP contribution in [0.5, 0.6) is 0 Å². The Balaban J connectivity index is 1.50. The van der Waals surface area contributed by atoms with Crippen LogP contribution in [0.3, 0.4) is 0 Å². The lowest BCUT2D eigenvalue weighted by Crippen LogP contribution is -2.18. The molecular weight excluding hydrogens is 306 g/mol. The molecule has 122 valence electrons. The summed E-state index contributed by atoms with van der Waals surface area (Å²) in [5.74, 6) is 1.05. The third-order valence-corrected chi connectivity index (χ3v) is 3.31. The Bertz CT molecular complexity index is 799. The lowest BCUT2D eigenvalue weighted by molar-refractivity contribution is -0.121. The number of hydrogen-bond donors (Lipinski definition) is 1. The highest BCUT2D eigenvalue weighted by molar-refractivity contribution is 5.91. The largest absolute Gasteiger partial charge is 0.367 e. The first-order valence-electron chi connectivity index (χ1n) is 7.46. The predicted octanol–water partition coefficient (Wildman–Crippen LogP) is 2.13. The molecule has 24 heavy (non-hydrogen) atoms. The van der Waals surface area contributed by atoms with Crippen LogP contribution in [0.4, 0.5) is 5.69 Å². The van der Waals surface area contributed by atoms with Crippen LogP contribution in [0, 0.1) is 6.92 Å². The monoisotopic (exact) mass is 323 g/mol. The lowest BCUT2D eigenvalue weighted by Gasteiger charge is -2.07. The SMILES string of the molecule is Cc1nccn1-c1ncc(NC(=O)COCc2ccccc2)cn1. The number of amides is 1.